The molecule has 1 N–H and O–H groups in total. The van der Waals surface area contributed by atoms with Gasteiger partial charge in [0, 0.05) is 0 Å². The Morgan fingerprint density at radius 3 is 1.95 bits per heavy atom. The SMILES string of the molecule is CC(C)(C)CC(=O)OC(=O)N[C@H]1CO[C@H](CO[Si](c2ccccc2)(c2ccccc2)C(C)(C)C)[C@@H]2OC(C)(C)O[C@@H]21. The van der Waals surface area contributed by atoms with Crippen molar-refractivity contribution in [3.05, 3.63) is 60.7 Å². The van der Waals surface area contributed by atoms with Crippen LogP contribution in [-0.4, -0.2) is 63.7 Å². The van der Waals surface area contributed by atoms with Crippen LogP contribution in [0.3, 0.4) is 0 Å². The van der Waals surface area contributed by atoms with Gasteiger partial charge in [0.25, 0.3) is 8.32 Å². The number of amides is 1. The van der Waals surface area contributed by atoms with E-state index in [1.807, 2.05) is 46.8 Å². The fourth-order valence-corrected chi connectivity index (χ4v) is 10.4. The van der Waals surface area contributed by atoms with Gasteiger partial charge in [-0.25, -0.2) is 4.79 Å². The molecular weight excluding hydrogens is 538 g/mol. The van der Waals surface area contributed by atoms with Gasteiger partial charge >= 0.3 is 12.1 Å². The first kappa shape index (κ1) is 31.4. The highest BCUT2D eigenvalue weighted by molar-refractivity contribution is 6.99. The molecule has 0 aliphatic carbocycles. The molecule has 4 rings (SSSR count). The zero-order valence-corrected chi connectivity index (χ0v) is 26.6. The number of esters is 1. The predicted molar refractivity (Wildman–Crippen MR) is 160 cm³/mol. The second kappa shape index (κ2) is 12.0. The summed E-state index contributed by atoms with van der Waals surface area (Å²) in [7, 11) is -2.80. The second-order valence-corrected chi connectivity index (χ2v) is 18.0. The van der Waals surface area contributed by atoms with Crippen LogP contribution >= 0.6 is 0 Å². The Balaban J connectivity index is 1.55. The van der Waals surface area contributed by atoms with Crippen LogP contribution in [0.2, 0.25) is 5.04 Å². The third-order valence-electron chi connectivity index (χ3n) is 7.48. The van der Waals surface area contributed by atoms with Gasteiger partial charge in [-0.2, -0.15) is 0 Å². The molecule has 2 aliphatic rings. The maximum absolute atomic E-state index is 12.6. The van der Waals surface area contributed by atoms with Crippen LogP contribution in [0.1, 0.15) is 61.8 Å². The molecule has 0 saturated carbocycles. The number of rotatable bonds is 7. The van der Waals surface area contributed by atoms with Gasteiger partial charge in [-0.3, -0.25) is 4.79 Å². The lowest BCUT2D eigenvalue weighted by atomic mass is 9.93. The number of carbonyl (C=O) groups excluding carboxylic acids is 2. The molecule has 41 heavy (non-hydrogen) atoms. The van der Waals surface area contributed by atoms with Crippen LogP contribution in [0.4, 0.5) is 4.79 Å². The Hall–Kier alpha value is -2.56. The van der Waals surface area contributed by atoms with Gasteiger partial charge in [0.2, 0.25) is 0 Å². The maximum atomic E-state index is 12.6. The first-order valence-electron chi connectivity index (χ1n) is 14.3. The van der Waals surface area contributed by atoms with Crippen molar-refractivity contribution in [2.24, 2.45) is 5.41 Å². The van der Waals surface area contributed by atoms with Crippen LogP contribution < -0.4 is 15.7 Å². The van der Waals surface area contributed by atoms with Crippen molar-refractivity contribution in [2.75, 3.05) is 13.2 Å². The molecule has 224 valence electrons. The summed E-state index contributed by atoms with van der Waals surface area (Å²) in [6.07, 6.45) is -2.12. The van der Waals surface area contributed by atoms with Gasteiger partial charge in [-0.05, 0) is 34.7 Å². The molecule has 8 nitrogen and oxygen atoms in total. The summed E-state index contributed by atoms with van der Waals surface area (Å²) in [5.41, 5.74) is -0.291. The number of ether oxygens (including phenoxy) is 4. The molecule has 2 aromatic rings. The number of hydrogen-bond donors (Lipinski definition) is 1. The van der Waals surface area contributed by atoms with Crippen molar-refractivity contribution in [2.45, 2.75) is 97.0 Å². The average Bonchev–Trinajstić information content (AvgIpc) is 3.20. The average molecular weight is 584 g/mol. The van der Waals surface area contributed by atoms with E-state index in [0.29, 0.717) is 0 Å². The molecule has 0 bridgehead atoms. The minimum absolute atomic E-state index is 0.127. The Labute approximate surface area is 245 Å². The molecule has 1 amide bonds. The van der Waals surface area contributed by atoms with Crippen molar-refractivity contribution < 1.29 is 33.0 Å². The van der Waals surface area contributed by atoms with E-state index in [9.17, 15) is 9.59 Å². The summed E-state index contributed by atoms with van der Waals surface area (Å²) in [4.78, 5) is 24.8. The van der Waals surface area contributed by atoms with E-state index >= 15 is 0 Å². The van der Waals surface area contributed by atoms with E-state index in [2.05, 4.69) is 74.6 Å². The Morgan fingerprint density at radius 1 is 0.902 bits per heavy atom. The van der Waals surface area contributed by atoms with Crippen LogP contribution in [0.15, 0.2) is 60.7 Å². The van der Waals surface area contributed by atoms with Crippen LogP contribution in [-0.2, 0) is 28.2 Å². The molecular formula is C32H45NO7Si. The zero-order valence-electron chi connectivity index (χ0n) is 25.6. The standard InChI is InChI=1S/C32H45NO7Si/c1-30(2,3)19-26(34)38-29(35)33-24-20-36-25(28-27(24)39-32(7,8)40-28)21-37-41(31(4,5)6,22-15-11-9-12-16-22)23-17-13-10-14-18-23/h9-18,24-25,27-28H,19-21H2,1-8H3,(H,33,35)/t24-,25+,27+,28-/m0/s1. The lowest BCUT2D eigenvalue weighted by molar-refractivity contribution is -0.156. The van der Waals surface area contributed by atoms with Gasteiger partial charge < -0.3 is 28.7 Å². The lowest BCUT2D eigenvalue weighted by Gasteiger charge is -2.45. The minimum Gasteiger partial charge on any atom is -0.405 e. The Bertz CT molecular complexity index is 1150. The number of nitrogens with one attached hydrogen (secondary N) is 1. The second-order valence-electron chi connectivity index (χ2n) is 13.7. The summed E-state index contributed by atoms with van der Waals surface area (Å²) in [5, 5.41) is 4.93. The van der Waals surface area contributed by atoms with Gasteiger partial charge in [-0.1, -0.05) is 102 Å². The first-order chi connectivity index (χ1) is 19.1. The smallest absolute Gasteiger partial charge is 0.405 e. The Kier molecular flexibility index (Phi) is 9.16. The van der Waals surface area contributed by atoms with E-state index < -0.39 is 50.5 Å². The normalized spacial score (nSPS) is 24.4. The fraction of sp³-hybridized carbons (Fsp3) is 0.562. The highest BCUT2D eigenvalue weighted by Gasteiger charge is 2.55. The molecule has 0 aromatic heterocycles. The monoisotopic (exact) mass is 583 g/mol. The topological polar surface area (TPSA) is 92.3 Å². The van der Waals surface area contributed by atoms with Crippen molar-refractivity contribution in [1.29, 1.82) is 0 Å². The Morgan fingerprint density at radius 2 is 1.44 bits per heavy atom. The number of carbonyl (C=O) groups is 2. The molecule has 2 aliphatic heterocycles. The molecule has 2 saturated heterocycles. The molecule has 0 spiro atoms. The number of alkyl carbamates (subject to hydrolysis) is 1. The zero-order chi connectivity index (χ0) is 30.1. The maximum Gasteiger partial charge on any atom is 0.415 e. The van der Waals surface area contributed by atoms with Crippen LogP contribution in [0.5, 0.6) is 0 Å². The molecule has 0 radical (unpaired) electrons. The molecule has 4 atom stereocenters. The minimum atomic E-state index is -2.80. The fourth-order valence-electron chi connectivity index (χ4n) is 5.82. The van der Waals surface area contributed by atoms with Gasteiger partial charge in [0.1, 0.15) is 18.3 Å². The highest BCUT2D eigenvalue weighted by atomic mass is 28.4. The summed E-state index contributed by atoms with van der Waals surface area (Å²) < 4.78 is 31.0. The largest absolute Gasteiger partial charge is 0.415 e. The van der Waals surface area contributed by atoms with E-state index in [-0.39, 0.29) is 30.1 Å². The number of fused-ring (bicyclic) bond motifs is 1. The summed E-state index contributed by atoms with van der Waals surface area (Å²) in [5.74, 6) is -1.46. The van der Waals surface area contributed by atoms with Gasteiger partial charge in [0.05, 0.1) is 25.7 Å². The quantitative estimate of drug-likeness (QED) is 0.291. The van der Waals surface area contributed by atoms with E-state index in [0.717, 1.165) is 0 Å². The van der Waals surface area contributed by atoms with E-state index in [1.165, 1.54) is 10.4 Å². The molecule has 2 aromatic carbocycles. The molecule has 9 heteroatoms. The number of hydrogen-bond acceptors (Lipinski definition) is 7. The van der Waals surface area contributed by atoms with Crippen LogP contribution in [0.25, 0.3) is 0 Å². The molecule has 2 heterocycles. The molecule has 2 fully saturated rings. The first-order valence-corrected chi connectivity index (χ1v) is 16.3. The van der Waals surface area contributed by atoms with Crippen LogP contribution in [0, 0.1) is 5.41 Å². The summed E-state index contributed by atoms with van der Waals surface area (Å²) in [6, 6.07) is 20.3. The van der Waals surface area contributed by atoms with Crippen molar-refractivity contribution in [3.8, 4) is 0 Å². The van der Waals surface area contributed by atoms with E-state index in [1.54, 1.807) is 0 Å². The van der Waals surface area contributed by atoms with E-state index in [4.69, 9.17) is 23.4 Å². The number of benzene rings is 2. The van der Waals surface area contributed by atoms with Gasteiger partial charge in [0.15, 0.2) is 5.79 Å². The predicted octanol–water partition coefficient (Wildman–Crippen LogP) is 4.54. The third kappa shape index (κ3) is 7.27. The lowest BCUT2D eigenvalue weighted by Crippen LogP contribution is -2.68. The summed E-state index contributed by atoms with van der Waals surface area (Å²) in [6.45, 7) is 16.6. The van der Waals surface area contributed by atoms with Gasteiger partial charge in [-0.15, -0.1) is 0 Å². The summed E-state index contributed by atoms with van der Waals surface area (Å²) >= 11 is 0. The highest BCUT2D eigenvalue weighted by Crippen LogP contribution is 2.39. The third-order valence-corrected chi connectivity index (χ3v) is 12.5. The molecule has 0 unspecified atom stereocenters. The van der Waals surface area contributed by atoms with Crippen molar-refractivity contribution in [1.82, 2.24) is 5.32 Å². The van der Waals surface area contributed by atoms with Crippen molar-refractivity contribution >= 4 is 30.8 Å². The van der Waals surface area contributed by atoms with Crippen molar-refractivity contribution in [3.63, 3.8) is 0 Å².